The highest BCUT2D eigenvalue weighted by Gasteiger charge is 2.44. The number of aromatic nitrogens is 1. The van der Waals surface area contributed by atoms with Crippen molar-refractivity contribution < 1.29 is 19.4 Å². The molecule has 4 N–H and O–H groups in total. The number of methoxy groups -OCH3 is 1. The molecule has 2 aliphatic rings. The lowest BCUT2D eigenvalue weighted by atomic mass is 9.85. The maximum atomic E-state index is 13.7. The number of amides is 1. The first kappa shape index (κ1) is 31.0. The first-order valence-corrected chi connectivity index (χ1v) is 15.5. The predicted molar refractivity (Wildman–Crippen MR) is 170 cm³/mol. The standard InChI is InChI=1S/C35H46N4O4/c1-34(2,3)26-10-8-11-27(21-26)35(13-14-35)37-22-31(40)30-18-24-9-7-12-29(17-24)43-16-6-5-15-36-32-20-25(33(41)39-30)19-28(38-32)23-42-4/h7-12,17,19-21,30-31,37,40H,5-6,13-16,18,22-23H2,1-4H3,(H,36,38)(H,39,41)/t30-,31+/m1/s1. The Morgan fingerprint density at radius 1 is 1.12 bits per heavy atom. The van der Waals surface area contributed by atoms with Gasteiger partial charge in [-0.05, 0) is 78.5 Å². The molecule has 1 aliphatic heterocycles. The molecule has 2 aromatic carbocycles. The van der Waals surface area contributed by atoms with Crippen LogP contribution in [0, 0.1) is 0 Å². The largest absolute Gasteiger partial charge is 0.494 e. The van der Waals surface area contributed by atoms with Crippen LogP contribution in [0.1, 0.15) is 79.2 Å². The van der Waals surface area contributed by atoms with Crippen LogP contribution in [-0.2, 0) is 28.7 Å². The van der Waals surface area contributed by atoms with Crippen molar-refractivity contribution in [3.8, 4) is 5.75 Å². The molecule has 2 atom stereocenters. The lowest BCUT2D eigenvalue weighted by Crippen LogP contribution is -2.50. The van der Waals surface area contributed by atoms with Crippen LogP contribution in [0.25, 0.3) is 0 Å². The van der Waals surface area contributed by atoms with Crippen LogP contribution >= 0.6 is 0 Å². The van der Waals surface area contributed by atoms with Gasteiger partial charge in [0.15, 0.2) is 0 Å². The number of hydrogen-bond acceptors (Lipinski definition) is 7. The van der Waals surface area contributed by atoms with Crippen molar-refractivity contribution in [3.05, 3.63) is 88.6 Å². The van der Waals surface area contributed by atoms with E-state index in [2.05, 4.69) is 66.0 Å². The number of carbonyl (C=O) groups is 1. The van der Waals surface area contributed by atoms with Gasteiger partial charge in [-0.2, -0.15) is 0 Å². The fourth-order valence-electron chi connectivity index (χ4n) is 5.63. The van der Waals surface area contributed by atoms with E-state index < -0.39 is 12.1 Å². The molecule has 1 aromatic heterocycles. The van der Waals surface area contributed by atoms with Gasteiger partial charge in [-0.15, -0.1) is 0 Å². The van der Waals surface area contributed by atoms with E-state index in [-0.39, 0.29) is 16.9 Å². The van der Waals surface area contributed by atoms with Crippen molar-refractivity contribution in [1.29, 1.82) is 0 Å². The van der Waals surface area contributed by atoms with E-state index in [1.165, 1.54) is 11.1 Å². The van der Waals surface area contributed by atoms with Crippen LogP contribution in [0.15, 0.2) is 60.7 Å². The molecule has 2 heterocycles. The number of fused-ring (bicyclic) bond motifs is 4. The van der Waals surface area contributed by atoms with Gasteiger partial charge in [0.25, 0.3) is 5.91 Å². The summed E-state index contributed by atoms with van der Waals surface area (Å²) in [7, 11) is 1.61. The van der Waals surface area contributed by atoms with Gasteiger partial charge < -0.3 is 30.5 Å². The van der Waals surface area contributed by atoms with Crippen LogP contribution in [0.3, 0.4) is 0 Å². The fourth-order valence-corrected chi connectivity index (χ4v) is 5.63. The highest BCUT2D eigenvalue weighted by Crippen LogP contribution is 2.46. The summed E-state index contributed by atoms with van der Waals surface area (Å²) in [6.07, 6.45) is 3.45. The minimum absolute atomic E-state index is 0.0588. The summed E-state index contributed by atoms with van der Waals surface area (Å²) in [5.74, 6) is 1.16. The number of anilines is 1. The molecule has 4 bridgehead atoms. The van der Waals surface area contributed by atoms with E-state index in [1.54, 1.807) is 19.2 Å². The van der Waals surface area contributed by atoms with Crippen LogP contribution in [0.4, 0.5) is 5.82 Å². The number of pyridine rings is 1. The maximum Gasteiger partial charge on any atom is 0.251 e. The molecular formula is C35H46N4O4. The summed E-state index contributed by atoms with van der Waals surface area (Å²) in [6.45, 7) is 8.64. The minimum Gasteiger partial charge on any atom is -0.494 e. The third-order valence-corrected chi connectivity index (χ3v) is 8.39. The molecule has 1 amide bonds. The van der Waals surface area contributed by atoms with E-state index in [4.69, 9.17) is 9.47 Å². The lowest BCUT2D eigenvalue weighted by molar-refractivity contribution is 0.0821. The molecule has 43 heavy (non-hydrogen) atoms. The molecule has 0 unspecified atom stereocenters. The van der Waals surface area contributed by atoms with E-state index in [0.717, 1.165) is 37.0 Å². The van der Waals surface area contributed by atoms with Crippen LogP contribution in [-0.4, -0.2) is 54.9 Å². The number of benzene rings is 2. The van der Waals surface area contributed by atoms with Crippen LogP contribution in [0.2, 0.25) is 0 Å². The quantitative estimate of drug-likeness (QED) is 0.306. The lowest BCUT2D eigenvalue weighted by Gasteiger charge is -2.28. The van der Waals surface area contributed by atoms with E-state index in [9.17, 15) is 9.90 Å². The average Bonchev–Trinajstić information content (AvgIpc) is 3.78. The van der Waals surface area contributed by atoms with Crippen LogP contribution < -0.4 is 20.7 Å². The number of aliphatic hydroxyl groups excluding tert-OH is 1. The van der Waals surface area contributed by atoms with Crippen molar-refractivity contribution in [2.24, 2.45) is 0 Å². The van der Waals surface area contributed by atoms with Gasteiger partial charge in [-0.25, -0.2) is 4.98 Å². The van der Waals surface area contributed by atoms with Crippen molar-refractivity contribution in [3.63, 3.8) is 0 Å². The first-order valence-electron chi connectivity index (χ1n) is 15.5. The van der Waals surface area contributed by atoms with Gasteiger partial charge in [0.1, 0.15) is 11.6 Å². The molecule has 8 nitrogen and oxygen atoms in total. The van der Waals surface area contributed by atoms with Gasteiger partial charge in [0.05, 0.1) is 31.1 Å². The van der Waals surface area contributed by atoms with E-state index >= 15 is 0 Å². The van der Waals surface area contributed by atoms with Gasteiger partial charge >= 0.3 is 0 Å². The minimum atomic E-state index is -0.825. The zero-order valence-corrected chi connectivity index (χ0v) is 25.9. The van der Waals surface area contributed by atoms with Gasteiger partial charge in [0, 0.05) is 31.3 Å². The zero-order chi connectivity index (χ0) is 30.5. The summed E-state index contributed by atoms with van der Waals surface area (Å²) in [5, 5.41) is 21.7. The predicted octanol–water partition coefficient (Wildman–Crippen LogP) is 5.09. The molecule has 0 radical (unpaired) electrons. The highest BCUT2D eigenvalue weighted by molar-refractivity contribution is 5.95. The molecule has 0 spiro atoms. The molecule has 1 saturated carbocycles. The second-order valence-electron chi connectivity index (χ2n) is 12.9. The average molecular weight is 587 g/mol. The second kappa shape index (κ2) is 13.5. The topological polar surface area (TPSA) is 105 Å². The third kappa shape index (κ3) is 8.13. The summed E-state index contributed by atoms with van der Waals surface area (Å²) in [4.78, 5) is 18.3. The molecule has 3 aromatic rings. The number of carbonyl (C=O) groups excluding carboxylic acids is 1. The Bertz CT molecular complexity index is 1400. The zero-order valence-electron chi connectivity index (χ0n) is 25.9. The van der Waals surface area contributed by atoms with E-state index in [0.29, 0.717) is 49.8 Å². The molecule has 1 fully saturated rings. The number of ether oxygens (including phenoxy) is 2. The Hall–Kier alpha value is -3.46. The SMILES string of the molecule is COCc1cc2cc(n1)NCCCCOc1cccc(c1)C[C@H]([C@@H](O)CNC1(c3cccc(C(C)(C)C)c3)CC1)NC2=O. The molecule has 5 rings (SSSR count). The number of aliphatic hydroxyl groups is 1. The third-order valence-electron chi connectivity index (χ3n) is 8.39. The van der Waals surface area contributed by atoms with Crippen molar-refractivity contribution in [1.82, 2.24) is 15.6 Å². The van der Waals surface area contributed by atoms with Crippen molar-refractivity contribution >= 4 is 11.7 Å². The Morgan fingerprint density at radius 2 is 1.93 bits per heavy atom. The number of rotatable bonds is 7. The Balaban J connectivity index is 1.38. The number of nitrogens with zero attached hydrogens (tertiary/aromatic N) is 1. The maximum absolute atomic E-state index is 13.7. The van der Waals surface area contributed by atoms with Crippen molar-refractivity contribution in [2.75, 3.05) is 32.1 Å². The van der Waals surface area contributed by atoms with Crippen molar-refractivity contribution in [2.45, 2.75) is 82.6 Å². The summed E-state index contributed by atoms with van der Waals surface area (Å²) >= 11 is 0. The first-order chi connectivity index (χ1) is 20.6. The number of nitrogens with one attached hydrogen (secondary N) is 3. The highest BCUT2D eigenvalue weighted by atomic mass is 16.5. The summed E-state index contributed by atoms with van der Waals surface area (Å²) in [6, 6.07) is 19.7. The molecule has 0 saturated heterocycles. The molecule has 230 valence electrons. The molecular weight excluding hydrogens is 540 g/mol. The van der Waals surface area contributed by atoms with Gasteiger partial charge in [-0.3, -0.25) is 4.79 Å². The van der Waals surface area contributed by atoms with Gasteiger partial charge in [-0.1, -0.05) is 57.2 Å². The van der Waals surface area contributed by atoms with Gasteiger partial charge in [0.2, 0.25) is 0 Å². The monoisotopic (exact) mass is 586 g/mol. The fraction of sp³-hybridized carbons (Fsp3) is 0.486. The summed E-state index contributed by atoms with van der Waals surface area (Å²) < 4.78 is 11.3. The Kier molecular flexibility index (Phi) is 9.69. The second-order valence-corrected chi connectivity index (χ2v) is 12.9. The smallest absolute Gasteiger partial charge is 0.251 e. The van der Waals surface area contributed by atoms with E-state index in [1.807, 2.05) is 24.3 Å². The van der Waals surface area contributed by atoms with Crippen LogP contribution in [0.5, 0.6) is 5.75 Å². The molecule has 1 aliphatic carbocycles. The Morgan fingerprint density at radius 3 is 2.70 bits per heavy atom. The normalized spacial score (nSPS) is 19.5. The Labute approximate surface area is 255 Å². The molecule has 8 heteroatoms. The number of hydrogen-bond donors (Lipinski definition) is 4. The summed E-state index contributed by atoms with van der Waals surface area (Å²) in [5.41, 5.74) is 4.59.